The van der Waals surface area contributed by atoms with Gasteiger partial charge >= 0.3 is 11.8 Å². The Hall–Kier alpha value is -3.75. The fourth-order valence-electron chi connectivity index (χ4n) is 2.32. The van der Waals surface area contributed by atoms with Gasteiger partial charge in [0.15, 0.2) is 11.5 Å². The molecule has 0 unspecified atom stereocenters. The Balaban J connectivity index is 2.05. The largest absolute Gasteiger partial charge is 0.495 e. The lowest BCUT2D eigenvalue weighted by atomic mass is 10.2. The third-order valence-electron chi connectivity index (χ3n) is 3.63. The summed E-state index contributed by atoms with van der Waals surface area (Å²) in [5.74, 6) is -0.0832. The molecule has 0 saturated carbocycles. The Morgan fingerprint density at radius 2 is 1.46 bits per heavy atom. The van der Waals surface area contributed by atoms with Crippen LogP contribution >= 0.6 is 0 Å². The van der Waals surface area contributed by atoms with Crippen LogP contribution in [0.1, 0.15) is 5.56 Å². The molecule has 2 aromatic rings. The molecule has 0 heterocycles. The molecule has 2 N–H and O–H groups in total. The Morgan fingerprint density at radius 3 is 2.04 bits per heavy atom. The monoisotopic (exact) mass is 387 g/mol. The zero-order chi connectivity index (χ0) is 20.5. The summed E-state index contributed by atoms with van der Waals surface area (Å²) in [4.78, 5) is 23.9. The number of ether oxygens (including phenoxy) is 4. The molecule has 0 bridgehead atoms. The van der Waals surface area contributed by atoms with Crippen LogP contribution in [0.15, 0.2) is 41.5 Å². The lowest BCUT2D eigenvalue weighted by Crippen LogP contribution is -2.32. The predicted octanol–water partition coefficient (Wildman–Crippen LogP) is 1.81. The molecule has 0 aliphatic heterocycles. The first-order chi connectivity index (χ1) is 13.5. The highest BCUT2D eigenvalue weighted by Gasteiger charge is 2.15. The van der Waals surface area contributed by atoms with Crippen LogP contribution in [0.3, 0.4) is 0 Å². The molecule has 0 aliphatic rings. The molecule has 148 valence electrons. The summed E-state index contributed by atoms with van der Waals surface area (Å²) in [6, 6.07) is 10.0. The fourth-order valence-corrected chi connectivity index (χ4v) is 2.32. The van der Waals surface area contributed by atoms with E-state index in [1.54, 1.807) is 36.4 Å². The summed E-state index contributed by atoms with van der Waals surface area (Å²) in [6.45, 7) is 0. The summed E-state index contributed by atoms with van der Waals surface area (Å²) in [7, 11) is 5.94. The van der Waals surface area contributed by atoms with Crippen LogP contribution in [0.25, 0.3) is 0 Å². The predicted molar refractivity (Wildman–Crippen MR) is 103 cm³/mol. The molecule has 28 heavy (non-hydrogen) atoms. The second kappa shape index (κ2) is 9.81. The number of rotatable bonds is 7. The number of nitrogens with one attached hydrogen (secondary N) is 2. The molecule has 0 fully saturated rings. The number of carbonyl (C=O) groups excluding carboxylic acids is 2. The highest BCUT2D eigenvalue weighted by atomic mass is 16.5. The highest BCUT2D eigenvalue weighted by Crippen LogP contribution is 2.37. The van der Waals surface area contributed by atoms with Crippen molar-refractivity contribution < 1.29 is 28.5 Å². The maximum atomic E-state index is 12.0. The molecule has 2 rings (SSSR count). The Bertz CT molecular complexity index is 857. The van der Waals surface area contributed by atoms with E-state index in [2.05, 4.69) is 15.8 Å². The third kappa shape index (κ3) is 4.91. The molecule has 2 aromatic carbocycles. The maximum absolute atomic E-state index is 12.0. The van der Waals surface area contributed by atoms with Crippen molar-refractivity contribution in [2.75, 3.05) is 33.8 Å². The van der Waals surface area contributed by atoms with E-state index < -0.39 is 11.8 Å². The molecular formula is C19H21N3O6. The van der Waals surface area contributed by atoms with Gasteiger partial charge in [0.2, 0.25) is 5.75 Å². The van der Waals surface area contributed by atoms with Gasteiger partial charge in [0.05, 0.1) is 40.3 Å². The van der Waals surface area contributed by atoms with Crippen molar-refractivity contribution in [2.24, 2.45) is 5.10 Å². The first-order valence-electron chi connectivity index (χ1n) is 8.11. The van der Waals surface area contributed by atoms with Crippen molar-refractivity contribution in [3.63, 3.8) is 0 Å². The molecule has 0 spiro atoms. The zero-order valence-corrected chi connectivity index (χ0v) is 15.9. The van der Waals surface area contributed by atoms with Crippen molar-refractivity contribution in [2.45, 2.75) is 0 Å². The van der Waals surface area contributed by atoms with Gasteiger partial charge in [-0.15, -0.1) is 0 Å². The van der Waals surface area contributed by atoms with Gasteiger partial charge in [-0.3, -0.25) is 9.59 Å². The quantitative estimate of drug-likeness (QED) is 0.426. The van der Waals surface area contributed by atoms with Crippen LogP contribution in [0.2, 0.25) is 0 Å². The summed E-state index contributed by atoms with van der Waals surface area (Å²) in [6.07, 6.45) is 1.35. The number of benzene rings is 2. The second-order valence-corrected chi connectivity index (χ2v) is 5.31. The molecule has 9 heteroatoms. The van der Waals surface area contributed by atoms with E-state index in [1.165, 1.54) is 34.7 Å². The number of methoxy groups -OCH3 is 4. The van der Waals surface area contributed by atoms with E-state index in [0.29, 0.717) is 34.2 Å². The normalized spacial score (nSPS) is 10.3. The SMILES string of the molecule is COc1ccccc1NC(=O)C(=O)N/N=C/c1cc(OC)c(OC)c(OC)c1. The van der Waals surface area contributed by atoms with Gasteiger partial charge in [0, 0.05) is 5.56 Å². The number of amides is 2. The Labute approximate surface area is 162 Å². The number of para-hydroxylation sites is 2. The first kappa shape index (κ1) is 20.6. The van der Waals surface area contributed by atoms with E-state index in [1.807, 2.05) is 0 Å². The number of hydrogen-bond acceptors (Lipinski definition) is 7. The van der Waals surface area contributed by atoms with Crippen molar-refractivity contribution in [3.05, 3.63) is 42.0 Å². The van der Waals surface area contributed by atoms with Gasteiger partial charge < -0.3 is 24.3 Å². The third-order valence-corrected chi connectivity index (χ3v) is 3.63. The molecular weight excluding hydrogens is 366 g/mol. The number of anilines is 1. The minimum absolute atomic E-state index is 0.374. The first-order valence-corrected chi connectivity index (χ1v) is 8.11. The van der Waals surface area contributed by atoms with Gasteiger partial charge in [0.25, 0.3) is 0 Å². The molecule has 9 nitrogen and oxygen atoms in total. The van der Waals surface area contributed by atoms with Crippen LogP contribution < -0.4 is 29.7 Å². The van der Waals surface area contributed by atoms with E-state index >= 15 is 0 Å². The van der Waals surface area contributed by atoms with Crippen LogP contribution in [0.4, 0.5) is 5.69 Å². The summed E-state index contributed by atoms with van der Waals surface area (Å²) >= 11 is 0. The van der Waals surface area contributed by atoms with Crippen molar-refractivity contribution in [1.29, 1.82) is 0 Å². The number of carbonyl (C=O) groups is 2. The van der Waals surface area contributed by atoms with Crippen molar-refractivity contribution in [3.8, 4) is 23.0 Å². The summed E-state index contributed by atoms with van der Waals surface area (Å²) in [5.41, 5.74) is 3.10. The molecule has 0 saturated heterocycles. The average molecular weight is 387 g/mol. The van der Waals surface area contributed by atoms with Crippen molar-refractivity contribution in [1.82, 2.24) is 5.43 Å². The van der Waals surface area contributed by atoms with Gasteiger partial charge in [-0.05, 0) is 24.3 Å². The number of hydrogen-bond donors (Lipinski definition) is 2. The minimum atomic E-state index is -0.936. The van der Waals surface area contributed by atoms with Gasteiger partial charge in [0.1, 0.15) is 5.75 Å². The molecule has 0 radical (unpaired) electrons. The van der Waals surface area contributed by atoms with Gasteiger partial charge in [-0.25, -0.2) is 5.43 Å². The molecule has 0 atom stereocenters. The van der Waals surface area contributed by atoms with E-state index in [-0.39, 0.29) is 0 Å². The van der Waals surface area contributed by atoms with Crippen LogP contribution in [-0.2, 0) is 9.59 Å². The standard InChI is InChI=1S/C19H21N3O6/c1-25-14-8-6-5-7-13(14)21-18(23)19(24)22-20-11-12-9-15(26-2)17(28-4)16(10-12)27-3/h5-11H,1-4H3,(H,21,23)(H,22,24)/b20-11+. The lowest BCUT2D eigenvalue weighted by molar-refractivity contribution is -0.136. The zero-order valence-electron chi connectivity index (χ0n) is 15.9. The molecule has 2 amide bonds. The van der Waals surface area contributed by atoms with E-state index in [9.17, 15) is 9.59 Å². The van der Waals surface area contributed by atoms with E-state index in [4.69, 9.17) is 18.9 Å². The second-order valence-electron chi connectivity index (χ2n) is 5.31. The smallest absolute Gasteiger partial charge is 0.329 e. The van der Waals surface area contributed by atoms with Crippen molar-refractivity contribution >= 4 is 23.7 Å². The Morgan fingerprint density at radius 1 is 0.857 bits per heavy atom. The number of hydrazone groups is 1. The van der Waals surface area contributed by atoms with E-state index in [0.717, 1.165) is 0 Å². The fraction of sp³-hybridized carbons (Fsp3) is 0.211. The highest BCUT2D eigenvalue weighted by molar-refractivity contribution is 6.39. The van der Waals surface area contributed by atoms with Crippen LogP contribution in [0.5, 0.6) is 23.0 Å². The van der Waals surface area contributed by atoms with Crippen LogP contribution in [-0.4, -0.2) is 46.5 Å². The lowest BCUT2D eigenvalue weighted by Gasteiger charge is -2.12. The average Bonchev–Trinajstić information content (AvgIpc) is 2.73. The van der Waals surface area contributed by atoms with Gasteiger partial charge in [-0.1, -0.05) is 12.1 Å². The van der Waals surface area contributed by atoms with Crippen LogP contribution in [0, 0.1) is 0 Å². The number of nitrogens with zero attached hydrogens (tertiary/aromatic N) is 1. The summed E-state index contributed by atoms with van der Waals surface area (Å²) in [5, 5.41) is 6.24. The maximum Gasteiger partial charge on any atom is 0.329 e. The minimum Gasteiger partial charge on any atom is -0.495 e. The van der Waals surface area contributed by atoms with Gasteiger partial charge in [-0.2, -0.15) is 5.10 Å². The topological polar surface area (TPSA) is 107 Å². The molecule has 0 aromatic heterocycles. The Kier molecular flexibility index (Phi) is 7.21. The summed E-state index contributed by atoms with van der Waals surface area (Å²) < 4.78 is 20.8. The molecule has 0 aliphatic carbocycles.